The van der Waals surface area contributed by atoms with E-state index >= 15 is 0 Å². The van der Waals surface area contributed by atoms with Gasteiger partial charge in [-0.05, 0) is 23.9 Å². The Labute approximate surface area is 91.9 Å². The number of thioether (sulfide) groups is 1. The summed E-state index contributed by atoms with van der Waals surface area (Å²) in [6.07, 6.45) is 0. The Hall–Kier alpha value is -1.48. The van der Waals surface area contributed by atoms with Crippen LogP contribution < -0.4 is 11.3 Å². The molecule has 3 N–H and O–H groups in total. The van der Waals surface area contributed by atoms with E-state index in [0.29, 0.717) is 0 Å². The third kappa shape index (κ3) is 3.28. The molecule has 16 heavy (non-hydrogen) atoms. The normalized spacial score (nSPS) is 11.2. The number of rotatable bonds is 3. The molecular weight excluding hydrogens is 247 g/mol. The Morgan fingerprint density at radius 1 is 1.44 bits per heavy atom. The van der Waals surface area contributed by atoms with E-state index in [-0.39, 0.29) is 28.0 Å². The van der Waals surface area contributed by atoms with Crippen molar-refractivity contribution in [3.8, 4) is 0 Å². The smallest absolute Gasteiger partial charge is 0.318 e. The SMILES string of the molecule is NNc1cc(SC(F)(F)F)ccc1[N+](=O)[O-]. The number of halogens is 3. The summed E-state index contributed by atoms with van der Waals surface area (Å²) < 4.78 is 36.0. The largest absolute Gasteiger partial charge is 0.446 e. The lowest BCUT2D eigenvalue weighted by Crippen LogP contribution is -2.09. The minimum atomic E-state index is -4.44. The van der Waals surface area contributed by atoms with Gasteiger partial charge in [-0.3, -0.25) is 16.0 Å². The standard InChI is InChI=1S/C7H6F3N3O2S/c8-7(9,10)16-4-1-2-6(13(14)15)5(3-4)12-11/h1-3,12H,11H2. The van der Waals surface area contributed by atoms with Gasteiger partial charge in [0.25, 0.3) is 5.69 Å². The van der Waals surface area contributed by atoms with Crippen LogP contribution in [0.5, 0.6) is 0 Å². The monoisotopic (exact) mass is 253 g/mol. The fraction of sp³-hybridized carbons (Fsp3) is 0.143. The molecule has 0 spiro atoms. The van der Waals surface area contributed by atoms with Crippen molar-refractivity contribution in [2.24, 2.45) is 5.84 Å². The number of nitrogen functional groups attached to an aromatic ring is 1. The molecule has 0 aromatic heterocycles. The summed E-state index contributed by atoms with van der Waals surface area (Å²) in [6, 6.07) is 2.94. The Morgan fingerprint density at radius 2 is 2.06 bits per heavy atom. The maximum absolute atomic E-state index is 12.0. The van der Waals surface area contributed by atoms with Crippen LogP contribution in [0.4, 0.5) is 24.5 Å². The predicted molar refractivity (Wildman–Crippen MR) is 52.8 cm³/mol. The molecule has 0 radical (unpaired) electrons. The molecule has 0 aliphatic rings. The maximum Gasteiger partial charge on any atom is 0.446 e. The molecule has 0 atom stereocenters. The van der Waals surface area contributed by atoms with Gasteiger partial charge in [-0.2, -0.15) is 13.2 Å². The highest BCUT2D eigenvalue weighted by atomic mass is 32.2. The van der Waals surface area contributed by atoms with Crippen molar-refractivity contribution in [3.05, 3.63) is 28.3 Å². The van der Waals surface area contributed by atoms with Gasteiger partial charge in [0.2, 0.25) is 0 Å². The first-order valence-electron chi connectivity index (χ1n) is 3.84. The second kappa shape index (κ2) is 4.58. The number of nitrogens with zero attached hydrogens (tertiary/aromatic N) is 1. The molecule has 0 fully saturated rings. The summed E-state index contributed by atoms with van der Waals surface area (Å²) in [4.78, 5) is 9.54. The van der Waals surface area contributed by atoms with Crippen LogP contribution in [0.2, 0.25) is 0 Å². The van der Waals surface area contributed by atoms with Gasteiger partial charge in [0, 0.05) is 11.0 Å². The number of hydrogen-bond acceptors (Lipinski definition) is 5. The minimum Gasteiger partial charge on any atom is -0.318 e. The first-order chi connectivity index (χ1) is 7.33. The van der Waals surface area contributed by atoms with Crippen LogP contribution in [0.25, 0.3) is 0 Å². The Morgan fingerprint density at radius 3 is 2.50 bits per heavy atom. The average Bonchev–Trinajstić information content (AvgIpc) is 2.14. The fourth-order valence-electron chi connectivity index (χ4n) is 0.987. The van der Waals surface area contributed by atoms with Crippen LogP contribution in [0.3, 0.4) is 0 Å². The average molecular weight is 253 g/mol. The highest BCUT2D eigenvalue weighted by Gasteiger charge is 2.30. The van der Waals surface area contributed by atoms with Gasteiger partial charge in [0.05, 0.1) is 4.92 Å². The Balaban J connectivity index is 3.05. The summed E-state index contributed by atoms with van der Waals surface area (Å²) in [5.74, 6) is 4.98. The quantitative estimate of drug-likeness (QED) is 0.374. The van der Waals surface area contributed by atoms with Gasteiger partial charge in [-0.1, -0.05) is 0 Å². The van der Waals surface area contributed by atoms with Crippen LogP contribution in [0.1, 0.15) is 0 Å². The molecule has 1 aromatic rings. The van der Waals surface area contributed by atoms with Crippen molar-refractivity contribution < 1.29 is 18.1 Å². The molecule has 0 saturated heterocycles. The number of nitro groups is 1. The third-order valence-corrected chi connectivity index (χ3v) is 2.27. The topological polar surface area (TPSA) is 81.2 Å². The van der Waals surface area contributed by atoms with Crippen molar-refractivity contribution in [2.45, 2.75) is 10.4 Å². The minimum absolute atomic E-state index is 0.167. The molecule has 0 bridgehead atoms. The number of hydrazine groups is 1. The van der Waals surface area contributed by atoms with Crippen molar-refractivity contribution in [1.29, 1.82) is 0 Å². The molecule has 0 unspecified atom stereocenters. The van der Waals surface area contributed by atoms with E-state index < -0.39 is 10.4 Å². The van der Waals surface area contributed by atoms with Crippen molar-refractivity contribution in [1.82, 2.24) is 0 Å². The fourth-order valence-corrected chi connectivity index (χ4v) is 1.57. The predicted octanol–water partition coefficient (Wildman–Crippen LogP) is 2.49. The number of nitrogens with one attached hydrogen (secondary N) is 1. The van der Waals surface area contributed by atoms with E-state index in [2.05, 4.69) is 0 Å². The summed E-state index contributed by atoms with van der Waals surface area (Å²) in [5, 5.41) is 10.5. The van der Waals surface area contributed by atoms with Crippen molar-refractivity contribution in [2.75, 3.05) is 5.43 Å². The first-order valence-corrected chi connectivity index (χ1v) is 4.66. The van der Waals surface area contributed by atoms with E-state index in [1.807, 2.05) is 5.43 Å². The lowest BCUT2D eigenvalue weighted by molar-refractivity contribution is -0.384. The molecule has 9 heteroatoms. The zero-order valence-corrected chi connectivity index (χ0v) is 8.43. The molecule has 1 aromatic carbocycles. The number of alkyl halides is 3. The van der Waals surface area contributed by atoms with E-state index in [9.17, 15) is 23.3 Å². The van der Waals surface area contributed by atoms with Crippen LogP contribution in [-0.2, 0) is 0 Å². The molecule has 5 nitrogen and oxygen atoms in total. The second-order valence-electron chi connectivity index (χ2n) is 2.63. The van der Waals surface area contributed by atoms with Crippen LogP contribution >= 0.6 is 11.8 Å². The van der Waals surface area contributed by atoms with Gasteiger partial charge >= 0.3 is 5.51 Å². The first kappa shape index (κ1) is 12.6. The van der Waals surface area contributed by atoms with E-state index in [4.69, 9.17) is 5.84 Å². The highest BCUT2D eigenvalue weighted by molar-refractivity contribution is 8.00. The van der Waals surface area contributed by atoms with Gasteiger partial charge in [0.15, 0.2) is 0 Å². The molecular formula is C7H6F3N3O2S. The summed E-state index contributed by atoms with van der Waals surface area (Å²) in [5.41, 5.74) is -3.01. The second-order valence-corrected chi connectivity index (χ2v) is 3.77. The Kier molecular flexibility index (Phi) is 3.60. The Bertz CT molecular complexity index is 410. The van der Waals surface area contributed by atoms with E-state index in [1.165, 1.54) is 0 Å². The lowest BCUT2D eigenvalue weighted by Gasteiger charge is -2.07. The number of nitrogens with two attached hydrogens (primary N) is 1. The molecule has 1 rings (SSSR count). The van der Waals surface area contributed by atoms with E-state index in [0.717, 1.165) is 18.2 Å². The molecule has 88 valence electrons. The third-order valence-electron chi connectivity index (χ3n) is 1.55. The summed E-state index contributed by atoms with van der Waals surface area (Å²) in [6.45, 7) is 0. The molecule has 0 amide bonds. The molecule has 0 aliphatic carbocycles. The van der Waals surface area contributed by atoms with Gasteiger partial charge < -0.3 is 5.43 Å². The van der Waals surface area contributed by atoms with Crippen molar-refractivity contribution in [3.63, 3.8) is 0 Å². The zero-order chi connectivity index (χ0) is 12.3. The van der Waals surface area contributed by atoms with Gasteiger partial charge in [0.1, 0.15) is 5.69 Å². The lowest BCUT2D eigenvalue weighted by atomic mass is 10.3. The van der Waals surface area contributed by atoms with Crippen LogP contribution in [0.15, 0.2) is 23.1 Å². The van der Waals surface area contributed by atoms with Crippen molar-refractivity contribution >= 4 is 23.1 Å². The number of nitro benzene ring substituents is 1. The molecule has 0 aliphatic heterocycles. The molecule has 0 saturated carbocycles. The highest BCUT2D eigenvalue weighted by Crippen LogP contribution is 2.39. The molecule has 0 heterocycles. The number of benzene rings is 1. The van der Waals surface area contributed by atoms with E-state index in [1.54, 1.807) is 0 Å². The van der Waals surface area contributed by atoms with Crippen LogP contribution in [-0.4, -0.2) is 10.4 Å². The zero-order valence-electron chi connectivity index (χ0n) is 7.62. The van der Waals surface area contributed by atoms with Crippen LogP contribution in [0, 0.1) is 10.1 Å². The van der Waals surface area contributed by atoms with Gasteiger partial charge in [-0.25, -0.2) is 0 Å². The number of hydrogen-bond donors (Lipinski definition) is 2. The summed E-state index contributed by atoms with van der Waals surface area (Å²) in [7, 11) is 0. The summed E-state index contributed by atoms with van der Waals surface area (Å²) >= 11 is -0.367. The van der Waals surface area contributed by atoms with Gasteiger partial charge in [-0.15, -0.1) is 0 Å². The number of anilines is 1. The maximum atomic E-state index is 12.0.